The highest BCUT2D eigenvalue weighted by atomic mass is 15.0. The predicted octanol–water partition coefficient (Wildman–Crippen LogP) is 10.8. The molecule has 50 heavy (non-hydrogen) atoms. The Balaban J connectivity index is 1.27. The van der Waals surface area contributed by atoms with Gasteiger partial charge in [-0.3, -0.25) is 0 Å². The van der Waals surface area contributed by atoms with Crippen LogP contribution in [0.1, 0.15) is 16.7 Å². The first-order chi connectivity index (χ1) is 24.7. The molecule has 0 spiro atoms. The first-order valence-electron chi connectivity index (χ1n) is 16.3. The average Bonchev–Trinajstić information content (AvgIpc) is 3.69. The lowest BCUT2D eigenvalue weighted by molar-refractivity contribution is 1.17. The fraction of sp³-hybridized carbons (Fsp3) is 0. The zero-order valence-corrected chi connectivity index (χ0v) is 26.7. The Labute approximate surface area is 287 Å². The van der Waals surface area contributed by atoms with E-state index in [9.17, 15) is 15.8 Å². The van der Waals surface area contributed by atoms with Crippen LogP contribution >= 0.6 is 0 Å². The minimum absolute atomic E-state index is 0.514. The van der Waals surface area contributed by atoms with E-state index in [2.05, 4.69) is 81.9 Å². The van der Waals surface area contributed by atoms with Gasteiger partial charge in [-0.05, 0) is 77.4 Å². The molecule has 0 unspecified atom stereocenters. The van der Waals surface area contributed by atoms with Crippen molar-refractivity contribution >= 4 is 43.6 Å². The quantitative estimate of drug-likeness (QED) is 0.193. The monoisotopic (exact) mass is 635 g/mol. The molecule has 0 aliphatic heterocycles. The van der Waals surface area contributed by atoms with Gasteiger partial charge in [-0.15, -0.1) is 0 Å². The number of fused-ring (bicyclic) bond motifs is 6. The number of aromatic nitrogens is 2. The van der Waals surface area contributed by atoms with E-state index in [-0.39, 0.29) is 0 Å². The summed E-state index contributed by atoms with van der Waals surface area (Å²) >= 11 is 0. The molecule has 0 fully saturated rings. The van der Waals surface area contributed by atoms with Crippen molar-refractivity contribution in [3.05, 3.63) is 168 Å². The molecule has 2 heterocycles. The number of nitrogens with zero attached hydrogens (tertiary/aromatic N) is 5. The lowest BCUT2D eigenvalue weighted by Gasteiger charge is -2.19. The number of rotatable bonds is 4. The Kier molecular flexibility index (Phi) is 6.56. The lowest BCUT2D eigenvalue weighted by atomic mass is 9.90. The summed E-state index contributed by atoms with van der Waals surface area (Å²) in [4.78, 5) is 0. The molecule has 0 atom stereocenters. The second-order valence-corrected chi connectivity index (χ2v) is 12.3. The van der Waals surface area contributed by atoms with Gasteiger partial charge in [0, 0.05) is 27.1 Å². The van der Waals surface area contributed by atoms with Gasteiger partial charge in [-0.2, -0.15) is 15.8 Å². The highest BCUT2D eigenvalue weighted by Gasteiger charge is 2.21. The van der Waals surface area contributed by atoms with E-state index in [1.165, 1.54) is 0 Å². The van der Waals surface area contributed by atoms with E-state index in [1.807, 2.05) is 97.1 Å². The highest BCUT2D eigenvalue weighted by Crippen LogP contribution is 2.42. The predicted molar refractivity (Wildman–Crippen MR) is 200 cm³/mol. The molecule has 0 saturated heterocycles. The number of nitriles is 3. The van der Waals surface area contributed by atoms with Gasteiger partial charge in [0.05, 0.1) is 62.3 Å². The molecule has 9 aromatic rings. The molecule has 7 aromatic carbocycles. The van der Waals surface area contributed by atoms with Gasteiger partial charge in [0.15, 0.2) is 0 Å². The van der Waals surface area contributed by atoms with Crippen molar-refractivity contribution in [1.82, 2.24) is 9.13 Å². The molecule has 0 radical (unpaired) electrons. The summed E-state index contributed by atoms with van der Waals surface area (Å²) in [5.41, 5.74) is 10.9. The van der Waals surface area contributed by atoms with Crippen LogP contribution in [0.2, 0.25) is 0 Å². The first-order valence-corrected chi connectivity index (χ1v) is 16.3. The zero-order chi connectivity index (χ0) is 33.8. The Bertz CT molecular complexity index is 2920. The van der Waals surface area contributed by atoms with E-state index < -0.39 is 0 Å². The molecule has 2 aromatic heterocycles. The minimum atomic E-state index is 0.514. The normalized spacial score (nSPS) is 11.1. The van der Waals surface area contributed by atoms with Crippen LogP contribution in [0, 0.1) is 34.0 Å². The summed E-state index contributed by atoms with van der Waals surface area (Å²) in [6.07, 6.45) is 0. The Morgan fingerprint density at radius 3 is 1.58 bits per heavy atom. The largest absolute Gasteiger partial charge is 0.309 e. The SMILES string of the molecule is N#Cc1ccc2c(c1)c1ccccc1n2-c1ccc(-c2ccccc2-c2c(C#N)cccc2-n2c3ccccc3c3ccccc32)cc1C#N. The van der Waals surface area contributed by atoms with Crippen molar-refractivity contribution in [2.45, 2.75) is 0 Å². The van der Waals surface area contributed by atoms with Crippen LogP contribution in [-0.2, 0) is 0 Å². The van der Waals surface area contributed by atoms with Gasteiger partial charge in [-0.1, -0.05) is 91.0 Å². The second kappa shape index (κ2) is 11.4. The van der Waals surface area contributed by atoms with E-state index >= 15 is 0 Å². The fourth-order valence-electron chi connectivity index (χ4n) is 7.53. The Morgan fingerprint density at radius 2 is 0.940 bits per heavy atom. The van der Waals surface area contributed by atoms with Gasteiger partial charge in [-0.25, -0.2) is 0 Å². The van der Waals surface area contributed by atoms with E-state index in [0.717, 1.165) is 77.2 Å². The molecule has 230 valence electrons. The third-order valence-electron chi connectivity index (χ3n) is 9.65. The van der Waals surface area contributed by atoms with Gasteiger partial charge in [0.2, 0.25) is 0 Å². The summed E-state index contributed by atoms with van der Waals surface area (Å²) in [6, 6.07) is 57.7. The Hall–Kier alpha value is -7.39. The van der Waals surface area contributed by atoms with Gasteiger partial charge < -0.3 is 9.13 Å². The summed E-state index contributed by atoms with van der Waals surface area (Å²) in [6.45, 7) is 0. The van der Waals surface area contributed by atoms with E-state index in [0.29, 0.717) is 16.7 Å². The van der Waals surface area contributed by atoms with Crippen LogP contribution in [0.25, 0.3) is 77.2 Å². The summed E-state index contributed by atoms with van der Waals surface area (Å²) in [5, 5.41) is 35.0. The number of hydrogen-bond donors (Lipinski definition) is 0. The number of para-hydroxylation sites is 3. The van der Waals surface area contributed by atoms with Crippen LogP contribution < -0.4 is 0 Å². The molecule has 0 amide bonds. The smallest absolute Gasteiger partial charge is 0.101 e. The Morgan fingerprint density at radius 1 is 0.380 bits per heavy atom. The first kappa shape index (κ1) is 28.8. The van der Waals surface area contributed by atoms with Gasteiger partial charge in [0.25, 0.3) is 0 Å². The van der Waals surface area contributed by atoms with Crippen molar-refractivity contribution in [1.29, 1.82) is 15.8 Å². The minimum Gasteiger partial charge on any atom is -0.309 e. The van der Waals surface area contributed by atoms with Gasteiger partial charge >= 0.3 is 0 Å². The molecular weight excluding hydrogens is 611 g/mol. The highest BCUT2D eigenvalue weighted by molar-refractivity contribution is 6.11. The summed E-state index contributed by atoms with van der Waals surface area (Å²) < 4.78 is 4.35. The van der Waals surface area contributed by atoms with Crippen molar-refractivity contribution in [3.8, 4) is 51.8 Å². The molecule has 0 saturated carbocycles. The van der Waals surface area contributed by atoms with Crippen molar-refractivity contribution in [2.75, 3.05) is 0 Å². The fourth-order valence-corrected chi connectivity index (χ4v) is 7.53. The van der Waals surface area contributed by atoms with E-state index in [4.69, 9.17) is 0 Å². The van der Waals surface area contributed by atoms with Crippen LogP contribution in [0.5, 0.6) is 0 Å². The maximum atomic E-state index is 10.6. The zero-order valence-electron chi connectivity index (χ0n) is 26.7. The molecule has 0 bridgehead atoms. The molecule has 0 N–H and O–H groups in total. The summed E-state index contributed by atoms with van der Waals surface area (Å²) in [5.74, 6) is 0. The van der Waals surface area contributed by atoms with Crippen molar-refractivity contribution in [3.63, 3.8) is 0 Å². The maximum Gasteiger partial charge on any atom is 0.101 e. The average molecular weight is 636 g/mol. The molecule has 9 rings (SSSR count). The molecule has 0 aliphatic carbocycles. The summed E-state index contributed by atoms with van der Waals surface area (Å²) in [7, 11) is 0. The van der Waals surface area contributed by atoms with Gasteiger partial charge in [0.1, 0.15) is 6.07 Å². The maximum absolute atomic E-state index is 10.6. The third kappa shape index (κ3) is 4.24. The molecular formula is C45H25N5. The second-order valence-electron chi connectivity index (χ2n) is 12.3. The number of hydrogen-bond acceptors (Lipinski definition) is 3. The molecule has 5 heteroatoms. The number of benzene rings is 7. The topological polar surface area (TPSA) is 81.2 Å². The van der Waals surface area contributed by atoms with Crippen LogP contribution in [0.3, 0.4) is 0 Å². The van der Waals surface area contributed by atoms with Crippen molar-refractivity contribution in [2.24, 2.45) is 0 Å². The van der Waals surface area contributed by atoms with Crippen LogP contribution in [0.15, 0.2) is 152 Å². The van der Waals surface area contributed by atoms with E-state index in [1.54, 1.807) is 0 Å². The van der Waals surface area contributed by atoms with Crippen LogP contribution in [0.4, 0.5) is 0 Å². The standard InChI is InChI=1S/C45H25N5/c46-26-29-20-22-43-38(24-29)36-14-5-8-18-42(36)49(43)39-23-21-30(25-32(39)28-48)33-11-1-2-15-37(33)45-31(27-47)10-9-19-44(45)50-40-16-6-3-12-34(40)35-13-4-7-17-41(35)50/h1-25H. The van der Waals surface area contributed by atoms with Crippen LogP contribution in [-0.4, -0.2) is 9.13 Å². The molecule has 5 nitrogen and oxygen atoms in total. The third-order valence-corrected chi connectivity index (χ3v) is 9.65. The van der Waals surface area contributed by atoms with Crippen molar-refractivity contribution < 1.29 is 0 Å². The lowest BCUT2D eigenvalue weighted by Crippen LogP contribution is -2.01. The molecule has 0 aliphatic rings.